The molecular weight excluding hydrogens is 220 g/mol. The quantitative estimate of drug-likeness (QED) is 0.790. The monoisotopic (exact) mass is 242 g/mol. The fraction of sp³-hybridized carbons (Fsp3) is 0.562. The first-order chi connectivity index (χ1) is 8.72. The van der Waals surface area contributed by atoms with Crippen LogP contribution in [-0.4, -0.2) is 18.0 Å². The Morgan fingerprint density at radius 3 is 2.28 bits per heavy atom. The summed E-state index contributed by atoms with van der Waals surface area (Å²) in [6, 6.07) is 8.84. The fourth-order valence-corrected chi connectivity index (χ4v) is 2.66. The molecule has 2 rings (SSSR count). The van der Waals surface area contributed by atoms with Gasteiger partial charge in [-0.05, 0) is 56.5 Å². The second-order valence-corrected chi connectivity index (χ2v) is 5.33. The fourth-order valence-electron chi connectivity index (χ4n) is 2.66. The van der Waals surface area contributed by atoms with E-state index >= 15 is 0 Å². The Hall–Kier alpha value is -1.33. The maximum Gasteiger partial charge on any atom is 0.123 e. The summed E-state index contributed by atoms with van der Waals surface area (Å²) >= 11 is 0. The van der Waals surface area contributed by atoms with Gasteiger partial charge in [0, 0.05) is 0 Å². The van der Waals surface area contributed by atoms with Crippen LogP contribution in [0.15, 0.2) is 18.2 Å². The molecule has 2 heteroatoms. The number of likely N-dealkylation sites (tertiary alicyclic amines) is 1. The largest absolute Gasteiger partial charge is 0.284 e. The van der Waals surface area contributed by atoms with Crippen LogP contribution in [-0.2, 0) is 0 Å². The molecule has 0 amide bonds. The number of nitrogens with zero attached hydrogens (tertiary/aromatic N) is 2. The molecule has 0 saturated carbocycles. The third-order valence-electron chi connectivity index (χ3n) is 3.97. The van der Waals surface area contributed by atoms with E-state index in [9.17, 15) is 5.26 Å². The summed E-state index contributed by atoms with van der Waals surface area (Å²) in [4.78, 5) is 2.34. The molecule has 1 aliphatic heterocycles. The Bertz CT molecular complexity index is 437. The Labute approximate surface area is 110 Å². The van der Waals surface area contributed by atoms with Crippen LogP contribution in [0.3, 0.4) is 0 Å². The van der Waals surface area contributed by atoms with Crippen molar-refractivity contribution in [3.63, 3.8) is 0 Å². The Morgan fingerprint density at radius 1 is 1.06 bits per heavy atom. The van der Waals surface area contributed by atoms with Crippen molar-refractivity contribution in [2.24, 2.45) is 0 Å². The van der Waals surface area contributed by atoms with Crippen molar-refractivity contribution >= 4 is 0 Å². The molecule has 1 saturated heterocycles. The molecule has 1 atom stereocenters. The first kappa shape index (κ1) is 13.1. The summed E-state index contributed by atoms with van der Waals surface area (Å²) in [5, 5.41) is 9.49. The highest BCUT2D eigenvalue weighted by Crippen LogP contribution is 2.25. The van der Waals surface area contributed by atoms with Crippen molar-refractivity contribution in [1.29, 1.82) is 5.26 Å². The molecule has 2 nitrogen and oxygen atoms in total. The van der Waals surface area contributed by atoms with E-state index in [1.807, 2.05) is 0 Å². The highest BCUT2D eigenvalue weighted by Gasteiger charge is 2.21. The van der Waals surface area contributed by atoms with Gasteiger partial charge < -0.3 is 0 Å². The molecule has 0 spiro atoms. The molecule has 1 aromatic rings. The minimum absolute atomic E-state index is 0.0672. The van der Waals surface area contributed by atoms with Gasteiger partial charge >= 0.3 is 0 Å². The molecule has 96 valence electrons. The van der Waals surface area contributed by atoms with Crippen LogP contribution in [0.1, 0.15) is 48.4 Å². The summed E-state index contributed by atoms with van der Waals surface area (Å²) < 4.78 is 0. The Morgan fingerprint density at radius 2 is 1.72 bits per heavy atom. The summed E-state index contributed by atoms with van der Waals surface area (Å²) in [7, 11) is 0. The summed E-state index contributed by atoms with van der Waals surface area (Å²) in [5.41, 5.74) is 3.73. The van der Waals surface area contributed by atoms with Crippen LogP contribution < -0.4 is 0 Å². The number of hydrogen-bond acceptors (Lipinski definition) is 2. The second kappa shape index (κ2) is 6.02. The molecule has 1 aromatic carbocycles. The minimum atomic E-state index is -0.0672. The van der Waals surface area contributed by atoms with Gasteiger partial charge in [0.2, 0.25) is 0 Å². The molecule has 0 aliphatic carbocycles. The number of benzene rings is 1. The smallest absolute Gasteiger partial charge is 0.123 e. The lowest BCUT2D eigenvalue weighted by molar-refractivity contribution is 0.245. The molecule has 1 heterocycles. The van der Waals surface area contributed by atoms with E-state index in [0.717, 1.165) is 18.7 Å². The third-order valence-corrected chi connectivity index (χ3v) is 3.97. The lowest BCUT2D eigenvalue weighted by atomic mass is 10.0. The van der Waals surface area contributed by atoms with Crippen LogP contribution in [0.5, 0.6) is 0 Å². The molecular formula is C16H22N2. The van der Waals surface area contributed by atoms with Crippen molar-refractivity contribution in [2.75, 3.05) is 13.1 Å². The van der Waals surface area contributed by atoms with E-state index in [2.05, 4.69) is 43.0 Å². The standard InChI is InChI=1S/C16H22N2/c1-13-7-8-15(11-14(13)2)16(12-17)18-9-5-3-4-6-10-18/h7-8,11,16H,3-6,9-10H2,1-2H3. The molecule has 0 N–H and O–H groups in total. The summed E-state index contributed by atoms with van der Waals surface area (Å²) in [5.74, 6) is 0. The average Bonchev–Trinajstić information content (AvgIpc) is 2.64. The molecule has 1 unspecified atom stereocenters. The lowest BCUT2D eigenvalue weighted by Crippen LogP contribution is -2.29. The number of rotatable bonds is 2. The number of aryl methyl sites for hydroxylation is 2. The first-order valence-electron chi connectivity index (χ1n) is 6.93. The van der Waals surface area contributed by atoms with E-state index in [1.165, 1.54) is 36.8 Å². The van der Waals surface area contributed by atoms with Crippen molar-refractivity contribution in [1.82, 2.24) is 4.90 Å². The molecule has 18 heavy (non-hydrogen) atoms. The zero-order valence-electron chi connectivity index (χ0n) is 11.4. The molecule has 1 fully saturated rings. The van der Waals surface area contributed by atoms with Crippen LogP contribution in [0, 0.1) is 25.2 Å². The highest BCUT2D eigenvalue weighted by atomic mass is 15.1. The maximum absolute atomic E-state index is 9.49. The van der Waals surface area contributed by atoms with Gasteiger partial charge in [0.25, 0.3) is 0 Å². The number of hydrogen-bond donors (Lipinski definition) is 0. The Balaban J connectivity index is 2.21. The lowest BCUT2D eigenvalue weighted by Gasteiger charge is -2.26. The SMILES string of the molecule is Cc1ccc(C(C#N)N2CCCCCC2)cc1C. The van der Waals surface area contributed by atoms with Crippen LogP contribution >= 0.6 is 0 Å². The minimum Gasteiger partial charge on any atom is -0.284 e. The van der Waals surface area contributed by atoms with E-state index in [1.54, 1.807) is 0 Å². The average molecular weight is 242 g/mol. The van der Waals surface area contributed by atoms with E-state index in [0.29, 0.717) is 0 Å². The Kier molecular flexibility index (Phi) is 4.38. The second-order valence-electron chi connectivity index (χ2n) is 5.33. The molecule has 0 aromatic heterocycles. The number of nitriles is 1. The van der Waals surface area contributed by atoms with Gasteiger partial charge in [0.1, 0.15) is 6.04 Å². The van der Waals surface area contributed by atoms with Gasteiger partial charge in [0.15, 0.2) is 0 Å². The van der Waals surface area contributed by atoms with Crippen LogP contribution in [0.4, 0.5) is 0 Å². The van der Waals surface area contributed by atoms with Gasteiger partial charge in [-0.15, -0.1) is 0 Å². The van der Waals surface area contributed by atoms with E-state index in [4.69, 9.17) is 0 Å². The molecule has 0 radical (unpaired) electrons. The molecule has 0 bridgehead atoms. The predicted octanol–water partition coefficient (Wildman–Crippen LogP) is 3.74. The normalized spacial score (nSPS) is 18.9. The van der Waals surface area contributed by atoms with Gasteiger partial charge in [-0.1, -0.05) is 31.0 Å². The van der Waals surface area contributed by atoms with Gasteiger partial charge in [0.05, 0.1) is 6.07 Å². The van der Waals surface area contributed by atoms with Gasteiger partial charge in [-0.2, -0.15) is 5.26 Å². The van der Waals surface area contributed by atoms with Crippen molar-refractivity contribution < 1.29 is 0 Å². The van der Waals surface area contributed by atoms with Gasteiger partial charge in [-0.3, -0.25) is 4.90 Å². The predicted molar refractivity (Wildman–Crippen MR) is 74.3 cm³/mol. The first-order valence-corrected chi connectivity index (χ1v) is 6.93. The summed E-state index contributed by atoms with van der Waals surface area (Å²) in [6.45, 7) is 6.36. The van der Waals surface area contributed by atoms with Crippen LogP contribution in [0.2, 0.25) is 0 Å². The highest BCUT2D eigenvalue weighted by molar-refractivity contribution is 5.34. The van der Waals surface area contributed by atoms with Crippen LogP contribution in [0.25, 0.3) is 0 Å². The molecule has 1 aliphatic rings. The third kappa shape index (κ3) is 2.91. The van der Waals surface area contributed by atoms with E-state index < -0.39 is 0 Å². The maximum atomic E-state index is 9.49. The van der Waals surface area contributed by atoms with Gasteiger partial charge in [-0.25, -0.2) is 0 Å². The van der Waals surface area contributed by atoms with Crippen molar-refractivity contribution in [3.8, 4) is 6.07 Å². The summed E-state index contributed by atoms with van der Waals surface area (Å²) in [6.07, 6.45) is 5.06. The van der Waals surface area contributed by atoms with Crippen molar-refractivity contribution in [2.45, 2.75) is 45.6 Å². The van der Waals surface area contributed by atoms with E-state index in [-0.39, 0.29) is 6.04 Å². The topological polar surface area (TPSA) is 27.0 Å². The zero-order chi connectivity index (χ0) is 13.0. The van der Waals surface area contributed by atoms with Crippen molar-refractivity contribution in [3.05, 3.63) is 34.9 Å². The zero-order valence-corrected chi connectivity index (χ0v) is 11.4.